The minimum Gasteiger partial charge on any atom is -0.321 e. The van der Waals surface area contributed by atoms with Crippen LogP contribution in [0.15, 0.2) is 0 Å². The highest BCUT2D eigenvalue weighted by Crippen LogP contribution is 2.70. The van der Waals surface area contributed by atoms with Crippen molar-refractivity contribution in [2.75, 3.05) is 21.1 Å². The van der Waals surface area contributed by atoms with Crippen molar-refractivity contribution < 1.29 is 28.4 Å². The molecule has 0 rings (SSSR count). The van der Waals surface area contributed by atoms with E-state index in [2.05, 4.69) is 0 Å². The molecule has 0 aliphatic rings. The average molecular weight is 296 g/mol. The maximum atomic E-state index is 11.5. The van der Waals surface area contributed by atoms with Crippen molar-refractivity contribution >= 4 is 23.0 Å². The van der Waals surface area contributed by atoms with Crippen LogP contribution < -0.4 is 15.3 Å². The van der Waals surface area contributed by atoms with Crippen molar-refractivity contribution in [1.29, 1.82) is 0 Å². The van der Waals surface area contributed by atoms with E-state index in [1.807, 2.05) is 15.3 Å². The molecule has 0 fully saturated rings. The van der Waals surface area contributed by atoms with Gasteiger partial charge in [-0.15, -0.1) is 0 Å². The third-order valence-electron chi connectivity index (χ3n) is 1.60. The Morgan fingerprint density at radius 1 is 0.750 bits per heavy atom. The zero-order valence-electron chi connectivity index (χ0n) is 8.86. The van der Waals surface area contributed by atoms with E-state index in [-0.39, 0.29) is 4.21 Å². The van der Waals surface area contributed by atoms with Crippen LogP contribution in [-0.2, 0) is 13.7 Å². The van der Waals surface area contributed by atoms with Gasteiger partial charge >= 0.3 is 23.0 Å². The van der Waals surface area contributed by atoms with Gasteiger partial charge in [0.05, 0.1) is 0 Å². The molecule has 13 heteroatoms. The van der Waals surface area contributed by atoms with Crippen LogP contribution in [0.4, 0.5) is 0 Å². The normalized spacial score (nSPS) is 23.4. The summed E-state index contributed by atoms with van der Waals surface area (Å²) in [6.45, 7) is 0. The maximum absolute atomic E-state index is 11.5. The molecule has 3 unspecified atom stereocenters. The van der Waals surface area contributed by atoms with Gasteiger partial charge in [-0.2, -0.15) is 0 Å². The summed E-state index contributed by atoms with van der Waals surface area (Å²) in [6.07, 6.45) is 0. The molecule has 0 spiro atoms. The van der Waals surface area contributed by atoms with Crippen LogP contribution in [0.2, 0.25) is 0 Å². The molecule has 0 aromatic rings. The van der Waals surface area contributed by atoms with Crippen molar-refractivity contribution in [3.8, 4) is 0 Å². The Balaban J connectivity index is 5.70. The van der Waals surface area contributed by atoms with Gasteiger partial charge in [0.2, 0.25) is 0 Å². The van der Waals surface area contributed by atoms with E-state index in [4.69, 9.17) is 0 Å². The molecule has 0 aliphatic heterocycles. The average Bonchev–Trinajstić information content (AvgIpc) is 2.16. The fourth-order valence-corrected chi connectivity index (χ4v) is 6.85. The van der Waals surface area contributed by atoms with E-state index in [9.17, 15) is 28.4 Å². The summed E-state index contributed by atoms with van der Waals surface area (Å²) in [5.41, 5.74) is 0. The molecule has 6 N–H and O–H groups in total. The first-order chi connectivity index (χ1) is 7.05. The van der Waals surface area contributed by atoms with Crippen LogP contribution in [0.1, 0.15) is 0 Å². The molecule has 0 saturated carbocycles. The molecule has 16 heavy (non-hydrogen) atoms. The monoisotopic (exact) mass is 296 g/mol. The molecular formula is C3H15N4O6P3. The largest absolute Gasteiger partial charge is 0.358 e. The summed E-state index contributed by atoms with van der Waals surface area (Å²) >= 11 is 0. The fraction of sp³-hybridized carbons (Fsp3) is 1.00. The zero-order chi connectivity index (χ0) is 13.2. The molecule has 0 amide bonds. The Labute approximate surface area is 92.7 Å². The van der Waals surface area contributed by atoms with Gasteiger partial charge in [-0.3, -0.25) is 13.7 Å². The minimum absolute atomic E-state index is 0.271. The number of hydrogen-bond acceptors (Lipinski definition) is 3. The van der Waals surface area contributed by atoms with Crippen LogP contribution in [0.5, 0.6) is 0 Å². The zero-order valence-corrected chi connectivity index (χ0v) is 11.5. The third kappa shape index (κ3) is 3.45. The molecule has 98 valence electrons. The van der Waals surface area contributed by atoms with Gasteiger partial charge in [0.25, 0.3) is 0 Å². The molecular weight excluding hydrogens is 281 g/mol. The van der Waals surface area contributed by atoms with Crippen LogP contribution >= 0.6 is 23.0 Å². The van der Waals surface area contributed by atoms with Gasteiger partial charge in [0.1, 0.15) is 0 Å². The van der Waals surface area contributed by atoms with E-state index in [1.54, 1.807) is 0 Å². The smallest absolute Gasteiger partial charge is 0.321 e. The predicted octanol–water partition coefficient (Wildman–Crippen LogP) is -0.752. The first kappa shape index (κ1) is 16.4. The van der Waals surface area contributed by atoms with Gasteiger partial charge in [0, 0.05) is 0 Å². The van der Waals surface area contributed by atoms with Crippen molar-refractivity contribution in [2.45, 2.75) is 0 Å². The molecule has 0 saturated heterocycles. The van der Waals surface area contributed by atoms with E-state index in [1.165, 1.54) is 0 Å². The fourth-order valence-electron chi connectivity index (χ4n) is 0.761. The lowest BCUT2D eigenvalue weighted by Gasteiger charge is -2.31. The summed E-state index contributed by atoms with van der Waals surface area (Å²) in [7, 11) is -10.8. The molecule has 0 aliphatic carbocycles. The Morgan fingerprint density at radius 2 is 0.938 bits per heavy atom. The second-order valence-electron chi connectivity index (χ2n) is 2.57. The van der Waals surface area contributed by atoms with Crippen LogP contribution in [0, 0.1) is 0 Å². The highest BCUT2D eigenvalue weighted by molar-refractivity contribution is 7.82. The lowest BCUT2D eigenvalue weighted by atomic mass is 11.6. The van der Waals surface area contributed by atoms with E-state index in [0.717, 1.165) is 21.1 Å². The quantitative estimate of drug-likeness (QED) is 0.345. The highest BCUT2D eigenvalue weighted by atomic mass is 31.3. The number of rotatable bonds is 6. The van der Waals surface area contributed by atoms with Gasteiger partial charge in [-0.25, -0.2) is 15.3 Å². The first-order valence-corrected chi connectivity index (χ1v) is 8.76. The standard InChI is InChI=1S/C3H15N4O6P3/c1-4-14(8,9)7(15(10,11)5-2)16(12,13)6-3/h1-3H3,(H2,4,8,9)(H2,5,10,11)(H2,6,12,13). The molecule has 3 atom stereocenters. The molecule has 10 nitrogen and oxygen atoms in total. The van der Waals surface area contributed by atoms with Crippen molar-refractivity contribution in [2.24, 2.45) is 0 Å². The van der Waals surface area contributed by atoms with E-state index >= 15 is 0 Å². The summed E-state index contributed by atoms with van der Waals surface area (Å²) in [5.74, 6) is 0. The molecule has 0 heterocycles. The molecule has 0 aromatic heterocycles. The van der Waals surface area contributed by atoms with Crippen molar-refractivity contribution in [1.82, 2.24) is 19.5 Å². The Morgan fingerprint density at radius 3 is 1.06 bits per heavy atom. The first-order valence-electron chi connectivity index (χ1n) is 3.92. The predicted molar refractivity (Wildman–Crippen MR) is 58.5 cm³/mol. The van der Waals surface area contributed by atoms with Crippen molar-refractivity contribution in [3.05, 3.63) is 0 Å². The lowest BCUT2D eigenvalue weighted by molar-refractivity contribution is 0.375. The van der Waals surface area contributed by atoms with Gasteiger partial charge < -0.3 is 14.7 Å². The second-order valence-corrected chi connectivity index (χ2v) is 9.32. The topological polar surface area (TPSA) is 151 Å². The van der Waals surface area contributed by atoms with E-state index in [0.29, 0.717) is 0 Å². The summed E-state index contributed by atoms with van der Waals surface area (Å²) < 4.78 is 34.3. The number of hydrogen-bond donors (Lipinski definition) is 6. The highest BCUT2D eigenvalue weighted by Gasteiger charge is 2.51. The van der Waals surface area contributed by atoms with E-state index < -0.39 is 23.0 Å². The van der Waals surface area contributed by atoms with Gasteiger partial charge in [0.15, 0.2) is 0 Å². The molecule has 0 aromatic carbocycles. The van der Waals surface area contributed by atoms with Crippen molar-refractivity contribution in [3.63, 3.8) is 0 Å². The Kier molecular flexibility index (Phi) is 5.51. The van der Waals surface area contributed by atoms with Crippen LogP contribution in [-0.4, -0.2) is 40.0 Å². The Hall–Kier alpha value is 0.410. The second kappa shape index (κ2) is 5.37. The summed E-state index contributed by atoms with van der Waals surface area (Å²) in [4.78, 5) is 28.0. The van der Waals surface area contributed by atoms with Gasteiger partial charge in [-0.05, 0) is 25.4 Å². The lowest BCUT2D eigenvalue weighted by Crippen LogP contribution is -2.29. The number of nitrogens with one attached hydrogen (secondary N) is 3. The SMILES string of the molecule is CNP(=O)(O)N(P(=O)(O)NC)P(=O)(O)NC. The Bertz CT molecular complexity index is 328. The summed E-state index contributed by atoms with van der Waals surface area (Å²) in [5, 5.41) is 5.44. The minimum atomic E-state index is -4.63. The third-order valence-corrected chi connectivity index (χ3v) is 9.17. The number of nitrogens with zero attached hydrogens (tertiary/aromatic N) is 1. The van der Waals surface area contributed by atoms with Crippen LogP contribution in [0.25, 0.3) is 0 Å². The maximum Gasteiger partial charge on any atom is 0.358 e. The van der Waals surface area contributed by atoms with Gasteiger partial charge in [-0.1, -0.05) is 0 Å². The molecule has 0 radical (unpaired) electrons. The molecule has 0 bridgehead atoms. The summed E-state index contributed by atoms with van der Waals surface area (Å²) in [6, 6.07) is 0. The van der Waals surface area contributed by atoms with Crippen LogP contribution in [0.3, 0.4) is 0 Å².